The topological polar surface area (TPSA) is 9.23 Å². The number of hydrogen-bond donors (Lipinski definition) is 0. The molecule has 1 nitrogen and oxygen atoms in total. The largest absolute Gasteiger partial charge is 0.372 e. The van der Waals surface area contributed by atoms with Crippen LogP contribution < -0.4 is 0 Å². The first-order valence-electron chi connectivity index (χ1n) is 5.60. The third-order valence-electron chi connectivity index (χ3n) is 2.74. The SMILES string of the molecule is ClCCOC1C=CC=CC1c1ccccc1Br. The molecule has 0 radical (unpaired) electrons. The van der Waals surface area contributed by atoms with Crippen LogP contribution in [0, 0.1) is 0 Å². The van der Waals surface area contributed by atoms with Crippen LogP contribution in [0.15, 0.2) is 53.0 Å². The van der Waals surface area contributed by atoms with Crippen LogP contribution in [0.1, 0.15) is 11.5 Å². The van der Waals surface area contributed by atoms with Gasteiger partial charge in [-0.3, -0.25) is 0 Å². The van der Waals surface area contributed by atoms with Gasteiger partial charge in [-0.25, -0.2) is 0 Å². The third kappa shape index (κ3) is 3.21. The third-order valence-corrected chi connectivity index (χ3v) is 3.61. The molecule has 0 spiro atoms. The zero-order chi connectivity index (χ0) is 12.1. The highest BCUT2D eigenvalue weighted by molar-refractivity contribution is 9.10. The molecule has 0 bridgehead atoms. The lowest BCUT2D eigenvalue weighted by atomic mass is 9.90. The molecule has 2 unspecified atom stereocenters. The molecule has 0 amide bonds. The van der Waals surface area contributed by atoms with E-state index in [9.17, 15) is 0 Å². The lowest BCUT2D eigenvalue weighted by Crippen LogP contribution is -2.21. The van der Waals surface area contributed by atoms with Gasteiger partial charge in [0.15, 0.2) is 0 Å². The minimum absolute atomic E-state index is 0.0671. The maximum atomic E-state index is 5.76. The van der Waals surface area contributed by atoms with E-state index in [4.69, 9.17) is 16.3 Å². The van der Waals surface area contributed by atoms with E-state index in [2.05, 4.69) is 46.3 Å². The van der Waals surface area contributed by atoms with Crippen molar-refractivity contribution in [2.45, 2.75) is 12.0 Å². The van der Waals surface area contributed by atoms with Crippen LogP contribution in [0.3, 0.4) is 0 Å². The second-order valence-corrected chi connectivity index (χ2v) is 5.07. The predicted octanol–water partition coefficient (Wildman–Crippen LogP) is 4.28. The van der Waals surface area contributed by atoms with E-state index in [0.29, 0.717) is 12.5 Å². The highest BCUT2D eigenvalue weighted by Crippen LogP contribution is 2.32. The molecule has 1 aromatic carbocycles. The molecule has 0 N–H and O–H groups in total. The molecule has 0 aliphatic heterocycles. The Hall–Kier alpha value is -0.570. The van der Waals surface area contributed by atoms with E-state index < -0.39 is 0 Å². The summed E-state index contributed by atoms with van der Waals surface area (Å²) in [6.45, 7) is 0.575. The van der Waals surface area contributed by atoms with Crippen molar-refractivity contribution in [1.82, 2.24) is 0 Å². The van der Waals surface area contributed by atoms with Gasteiger partial charge in [-0.15, -0.1) is 11.6 Å². The van der Waals surface area contributed by atoms with Gasteiger partial charge < -0.3 is 4.74 Å². The van der Waals surface area contributed by atoms with Crippen molar-refractivity contribution < 1.29 is 4.74 Å². The summed E-state index contributed by atoms with van der Waals surface area (Å²) in [7, 11) is 0. The van der Waals surface area contributed by atoms with Crippen LogP contribution in [0.4, 0.5) is 0 Å². The highest BCUT2D eigenvalue weighted by Gasteiger charge is 2.22. The summed E-state index contributed by atoms with van der Waals surface area (Å²) in [5, 5.41) is 0. The average Bonchev–Trinajstić information content (AvgIpc) is 2.37. The smallest absolute Gasteiger partial charge is 0.0863 e. The number of alkyl halides is 1. The van der Waals surface area contributed by atoms with Gasteiger partial charge in [0.05, 0.1) is 12.7 Å². The van der Waals surface area contributed by atoms with Crippen molar-refractivity contribution in [3.63, 3.8) is 0 Å². The van der Waals surface area contributed by atoms with Crippen molar-refractivity contribution in [3.8, 4) is 0 Å². The van der Waals surface area contributed by atoms with E-state index in [1.807, 2.05) is 18.2 Å². The maximum absolute atomic E-state index is 5.76. The quantitative estimate of drug-likeness (QED) is 0.754. The molecule has 17 heavy (non-hydrogen) atoms. The minimum Gasteiger partial charge on any atom is -0.372 e. The van der Waals surface area contributed by atoms with E-state index >= 15 is 0 Å². The molecule has 2 rings (SSSR count). The molecule has 90 valence electrons. The molecule has 1 aromatic rings. The second-order valence-electron chi connectivity index (χ2n) is 3.84. The van der Waals surface area contributed by atoms with Gasteiger partial charge in [0.2, 0.25) is 0 Å². The molecule has 0 heterocycles. The Balaban J connectivity index is 2.20. The van der Waals surface area contributed by atoms with Gasteiger partial charge in [0.25, 0.3) is 0 Å². The van der Waals surface area contributed by atoms with Crippen molar-refractivity contribution in [1.29, 1.82) is 0 Å². The number of allylic oxidation sites excluding steroid dienone is 2. The molecule has 3 heteroatoms. The maximum Gasteiger partial charge on any atom is 0.0863 e. The summed E-state index contributed by atoms with van der Waals surface area (Å²) in [5.74, 6) is 0.773. The fourth-order valence-electron chi connectivity index (χ4n) is 1.95. The fraction of sp³-hybridized carbons (Fsp3) is 0.286. The molecule has 1 aliphatic rings. The Bertz CT molecular complexity index is 428. The first-order chi connectivity index (χ1) is 8.33. The van der Waals surface area contributed by atoms with Gasteiger partial charge in [-0.05, 0) is 11.6 Å². The highest BCUT2D eigenvalue weighted by atomic mass is 79.9. The van der Waals surface area contributed by atoms with Crippen LogP contribution >= 0.6 is 27.5 Å². The van der Waals surface area contributed by atoms with Crippen molar-refractivity contribution >= 4 is 27.5 Å². The summed E-state index contributed by atoms with van der Waals surface area (Å²) in [4.78, 5) is 0. The van der Waals surface area contributed by atoms with Gasteiger partial charge in [-0.2, -0.15) is 0 Å². The molecular weight excluding hydrogens is 300 g/mol. The molecule has 2 atom stereocenters. The summed E-state index contributed by atoms with van der Waals surface area (Å²) in [6, 6.07) is 8.24. The lowest BCUT2D eigenvalue weighted by Gasteiger charge is -2.25. The number of hydrogen-bond acceptors (Lipinski definition) is 1. The first-order valence-corrected chi connectivity index (χ1v) is 6.92. The molecule has 0 saturated carbocycles. The number of ether oxygens (including phenoxy) is 1. The Morgan fingerprint density at radius 1 is 1.18 bits per heavy atom. The van der Waals surface area contributed by atoms with Crippen LogP contribution in [0.25, 0.3) is 0 Å². The summed E-state index contributed by atoms with van der Waals surface area (Å²) < 4.78 is 6.88. The molecule has 0 aromatic heterocycles. The molecule has 0 fully saturated rings. The van der Waals surface area contributed by atoms with E-state index in [1.54, 1.807) is 0 Å². The van der Waals surface area contributed by atoms with Crippen LogP contribution in [-0.2, 0) is 4.74 Å². The number of rotatable bonds is 4. The van der Waals surface area contributed by atoms with Crippen LogP contribution in [0.5, 0.6) is 0 Å². The molecular formula is C14H14BrClO. The molecule has 1 aliphatic carbocycles. The Morgan fingerprint density at radius 2 is 1.94 bits per heavy atom. The average molecular weight is 314 g/mol. The second kappa shape index (κ2) is 6.39. The summed E-state index contributed by atoms with van der Waals surface area (Å²) >= 11 is 9.26. The summed E-state index contributed by atoms with van der Waals surface area (Å²) in [6.07, 6.45) is 8.39. The van der Waals surface area contributed by atoms with Crippen molar-refractivity contribution in [2.75, 3.05) is 12.5 Å². The predicted molar refractivity (Wildman–Crippen MR) is 75.6 cm³/mol. The Morgan fingerprint density at radius 3 is 2.71 bits per heavy atom. The van der Waals surface area contributed by atoms with Crippen LogP contribution in [-0.4, -0.2) is 18.6 Å². The van der Waals surface area contributed by atoms with Gasteiger partial charge in [-0.1, -0.05) is 58.4 Å². The van der Waals surface area contributed by atoms with Gasteiger partial charge in [0.1, 0.15) is 0 Å². The van der Waals surface area contributed by atoms with Gasteiger partial charge in [0, 0.05) is 16.3 Å². The lowest BCUT2D eigenvalue weighted by molar-refractivity contribution is 0.0870. The van der Waals surface area contributed by atoms with Crippen LogP contribution in [0.2, 0.25) is 0 Å². The van der Waals surface area contributed by atoms with E-state index in [0.717, 1.165) is 4.47 Å². The van der Waals surface area contributed by atoms with Gasteiger partial charge >= 0.3 is 0 Å². The Kier molecular flexibility index (Phi) is 4.84. The molecule has 0 saturated heterocycles. The standard InChI is InChI=1S/C14H14BrClO/c15-13-7-3-1-5-11(13)12-6-2-4-8-14(12)17-10-9-16/h1-8,12,14H,9-10H2. The monoisotopic (exact) mass is 312 g/mol. The fourth-order valence-corrected chi connectivity index (χ4v) is 2.59. The Labute approximate surface area is 115 Å². The minimum atomic E-state index is 0.0671. The van der Waals surface area contributed by atoms with E-state index in [1.165, 1.54) is 5.56 Å². The number of benzene rings is 1. The summed E-state index contributed by atoms with van der Waals surface area (Å²) in [5.41, 5.74) is 1.24. The van der Waals surface area contributed by atoms with Crippen molar-refractivity contribution in [3.05, 3.63) is 58.6 Å². The van der Waals surface area contributed by atoms with Crippen molar-refractivity contribution in [2.24, 2.45) is 0 Å². The zero-order valence-corrected chi connectivity index (χ0v) is 11.7. The normalized spacial score (nSPS) is 22.9. The number of halogens is 2. The first kappa shape index (κ1) is 12.9. The zero-order valence-electron chi connectivity index (χ0n) is 9.35. The van der Waals surface area contributed by atoms with E-state index in [-0.39, 0.29) is 12.0 Å².